The summed E-state index contributed by atoms with van der Waals surface area (Å²) >= 11 is 2.12. The number of thioether (sulfide) groups is 1. The molecule has 0 aromatic carbocycles. The molecule has 0 amide bonds. The minimum absolute atomic E-state index is 0.491. The third kappa shape index (κ3) is 3.88. The van der Waals surface area contributed by atoms with Crippen molar-refractivity contribution in [1.82, 2.24) is 10.2 Å². The fraction of sp³-hybridized carbons (Fsp3) is 1.00. The van der Waals surface area contributed by atoms with Crippen molar-refractivity contribution in [2.75, 3.05) is 31.6 Å². The zero-order valence-electron chi connectivity index (χ0n) is 12.4. The van der Waals surface area contributed by atoms with Crippen molar-refractivity contribution in [3.05, 3.63) is 0 Å². The smallest absolute Gasteiger partial charge is 0.0191 e. The van der Waals surface area contributed by atoms with Gasteiger partial charge in [0.25, 0.3) is 0 Å². The van der Waals surface area contributed by atoms with E-state index in [2.05, 4.69) is 42.9 Å². The van der Waals surface area contributed by atoms with E-state index in [1.807, 2.05) is 0 Å². The lowest BCUT2D eigenvalue weighted by Crippen LogP contribution is -2.46. The minimum atomic E-state index is 0.491. The molecule has 1 aliphatic heterocycles. The lowest BCUT2D eigenvalue weighted by Gasteiger charge is -2.38. The molecule has 3 heteroatoms. The third-order valence-corrected chi connectivity index (χ3v) is 6.10. The number of nitrogens with one attached hydrogen (secondary N) is 1. The van der Waals surface area contributed by atoms with Gasteiger partial charge in [-0.1, -0.05) is 13.8 Å². The molecule has 1 atom stereocenters. The second-order valence-electron chi connectivity index (χ2n) is 6.29. The van der Waals surface area contributed by atoms with Gasteiger partial charge in [0.1, 0.15) is 0 Å². The molecule has 0 spiro atoms. The summed E-state index contributed by atoms with van der Waals surface area (Å²) in [7, 11) is 2.34. The predicted molar refractivity (Wildman–Crippen MR) is 82.4 cm³/mol. The maximum absolute atomic E-state index is 3.76. The number of rotatable bonds is 8. The summed E-state index contributed by atoms with van der Waals surface area (Å²) in [5.41, 5.74) is 0.491. The first-order valence-electron chi connectivity index (χ1n) is 7.70. The lowest BCUT2D eigenvalue weighted by molar-refractivity contribution is 0.129. The molecule has 1 aliphatic carbocycles. The van der Waals surface area contributed by atoms with Crippen molar-refractivity contribution < 1.29 is 0 Å². The Kier molecular flexibility index (Phi) is 5.40. The molecule has 106 valence electrons. The van der Waals surface area contributed by atoms with Gasteiger partial charge in [-0.15, -0.1) is 0 Å². The molecular formula is C15H30N2S. The first-order chi connectivity index (χ1) is 8.69. The maximum atomic E-state index is 3.76. The summed E-state index contributed by atoms with van der Waals surface area (Å²) in [6.07, 6.45) is 6.79. The van der Waals surface area contributed by atoms with E-state index >= 15 is 0 Å². The molecular weight excluding hydrogens is 240 g/mol. The number of hydrogen-bond acceptors (Lipinski definition) is 3. The van der Waals surface area contributed by atoms with Gasteiger partial charge in [0, 0.05) is 30.9 Å². The third-order valence-electron chi connectivity index (χ3n) is 4.96. The van der Waals surface area contributed by atoms with Crippen LogP contribution >= 0.6 is 11.8 Å². The van der Waals surface area contributed by atoms with Gasteiger partial charge in [0.2, 0.25) is 0 Å². The normalized spacial score (nSPS) is 25.0. The molecule has 2 aliphatic rings. The zero-order valence-corrected chi connectivity index (χ0v) is 13.2. The van der Waals surface area contributed by atoms with Crippen LogP contribution in [0, 0.1) is 5.41 Å². The SMILES string of the molecule is CCC(CC)(CNC1CC1)CN(C)C1CCSC1. The highest BCUT2D eigenvalue weighted by atomic mass is 32.2. The van der Waals surface area contributed by atoms with Crippen LogP contribution in [0.3, 0.4) is 0 Å². The molecule has 0 radical (unpaired) electrons. The molecule has 1 heterocycles. The molecule has 2 nitrogen and oxygen atoms in total. The lowest BCUT2D eigenvalue weighted by atomic mass is 9.81. The fourth-order valence-electron chi connectivity index (χ4n) is 2.96. The van der Waals surface area contributed by atoms with Crippen LogP contribution in [0.5, 0.6) is 0 Å². The van der Waals surface area contributed by atoms with Crippen molar-refractivity contribution in [2.24, 2.45) is 5.41 Å². The van der Waals surface area contributed by atoms with E-state index in [0.717, 1.165) is 12.1 Å². The maximum Gasteiger partial charge on any atom is 0.0191 e. The van der Waals surface area contributed by atoms with Gasteiger partial charge in [-0.2, -0.15) is 11.8 Å². The van der Waals surface area contributed by atoms with E-state index in [1.54, 1.807) is 0 Å². The van der Waals surface area contributed by atoms with Gasteiger partial charge in [0.15, 0.2) is 0 Å². The number of nitrogens with zero attached hydrogens (tertiary/aromatic N) is 1. The Labute approximate surface area is 117 Å². The Morgan fingerprint density at radius 3 is 2.44 bits per heavy atom. The van der Waals surface area contributed by atoms with E-state index in [4.69, 9.17) is 0 Å². The van der Waals surface area contributed by atoms with Crippen molar-refractivity contribution in [2.45, 2.75) is 58.0 Å². The Balaban J connectivity index is 1.85. The molecule has 1 unspecified atom stereocenters. The van der Waals surface area contributed by atoms with E-state index in [0.29, 0.717) is 5.41 Å². The Hall–Kier alpha value is 0.270. The van der Waals surface area contributed by atoms with Gasteiger partial charge in [-0.3, -0.25) is 0 Å². The van der Waals surface area contributed by atoms with E-state index < -0.39 is 0 Å². The molecule has 0 bridgehead atoms. The average molecular weight is 270 g/mol. The molecule has 2 rings (SSSR count). The fourth-order valence-corrected chi connectivity index (χ4v) is 4.25. The zero-order chi connectivity index (χ0) is 13.0. The van der Waals surface area contributed by atoms with Crippen LogP contribution in [-0.2, 0) is 0 Å². The quantitative estimate of drug-likeness (QED) is 0.730. The summed E-state index contributed by atoms with van der Waals surface area (Å²) < 4.78 is 0. The van der Waals surface area contributed by atoms with Crippen LogP contribution in [0.25, 0.3) is 0 Å². The van der Waals surface area contributed by atoms with Crippen LogP contribution in [0.1, 0.15) is 46.0 Å². The van der Waals surface area contributed by atoms with E-state index in [9.17, 15) is 0 Å². The average Bonchev–Trinajstić information content (AvgIpc) is 3.06. The van der Waals surface area contributed by atoms with Crippen LogP contribution in [0.15, 0.2) is 0 Å². The summed E-state index contributed by atoms with van der Waals surface area (Å²) in [5.74, 6) is 2.71. The molecule has 1 saturated carbocycles. The molecule has 1 N–H and O–H groups in total. The van der Waals surface area contributed by atoms with Crippen molar-refractivity contribution in [3.63, 3.8) is 0 Å². The van der Waals surface area contributed by atoms with Gasteiger partial charge in [0.05, 0.1) is 0 Å². The van der Waals surface area contributed by atoms with Crippen LogP contribution in [0.2, 0.25) is 0 Å². The highest BCUT2D eigenvalue weighted by Crippen LogP contribution is 2.31. The van der Waals surface area contributed by atoms with Gasteiger partial charge in [-0.25, -0.2) is 0 Å². The Bertz CT molecular complexity index is 243. The summed E-state index contributed by atoms with van der Waals surface area (Å²) in [5, 5.41) is 3.76. The summed E-state index contributed by atoms with van der Waals surface area (Å²) in [6.45, 7) is 7.23. The van der Waals surface area contributed by atoms with Crippen molar-refractivity contribution >= 4 is 11.8 Å². The molecule has 18 heavy (non-hydrogen) atoms. The van der Waals surface area contributed by atoms with Gasteiger partial charge < -0.3 is 10.2 Å². The van der Waals surface area contributed by atoms with Gasteiger partial charge in [-0.05, 0) is 50.3 Å². The number of hydrogen-bond donors (Lipinski definition) is 1. The molecule has 0 aromatic rings. The monoisotopic (exact) mass is 270 g/mol. The first kappa shape index (κ1) is 14.7. The minimum Gasteiger partial charge on any atom is -0.313 e. The van der Waals surface area contributed by atoms with Crippen molar-refractivity contribution in [3.8, 4) is 0 Å². The summed E-state index contributed by atoms with van der Waals surface area (Å²) in [6, 6.07) is 1.67. The highest BCUT2D eigenvalue weighted by Gasteiger charge is 2.33. The second-order valence-corrected chi connectivity index (χ2v) is 7.44. The Morgan fingerprint density at radius 1 is 1.22 bits per heavy atom. The largest absolute Gasteiger partial charge is 0.313 e. The van der Waals surface area contributed by atoms with E-state index in [-0.39, 0.29) is 0 Å². The Morgan fingerprint density at radius 2 is 1.94 bits per heavy atom. The molecule has 0 aromatic heterocycles. The second kappa shape index (κ2) is 6.62. The van der Waals surface area contributed by atoms with E-state index in [1.165, 1.54) is 56.7 Å². The standard InChI is InChI=1S/C15H30N2S/c1-4-15(5-2,11-16-13-6-7-13)12-17(3)14-8-9-18-10-14/h13-14,16H,4-12H2,1-3H3. The predicted octanol–water partition coefficient (Wildman–Crippen LogP) is 2.98. The van der Waals surface area contributed by atoms with Gasteiger partial charge >= 0.3 is 0 Å². The first-order valence-corrected chi connectivity index (χ1v) is 8.86. The van der Waals surface area contributed by atoms with Crippen LogP contribution in [-0.4, -0.2) is 48.6 Å². The topological polar surface area (TPSA) is 15.3 Å². The van der Waals surface area contributed by atoms with Crippen molar-refractivity contribution in [1.29, 1.82) is 0 Å². The molecule has 2 fully saturated rings. The van der Waals surface area contributed by atoms with Crippen LogP contribution in [0.4, 0.5) is 0 Å². The summed E-state index contributed by atoms with van der Waals surface area (Å²) in [4.78, 5) is 2.64. The molecule has 1 saturated heterocycles. The highest BCUT2D eigenvalue weighted by molar-refractivity contribution is 7.99. The van der Waals surface area contributed by atoms with Crippen LogP contribution < -0.4 is 5.32 Å².